The van der Waals surface area contributed by atoms with Gasteiger partial charge in [-0.05, 0) is 23.3 Å². The van der Waals surface area contributed by atoms with Crippen molar-refractivity contribution in [2.75, 3.05) is 14.2 Å². The molecule has 24 heavy (non-hydrogen) atoms. The second kappa shape index (κ2) is 8.59. The van der Waals surface area contributed by atoms with E-state index in [4.69, 9.17) is 4.74 Å². The van der Waals surface area contributed by atoms with Gasteiger partial charge in [0.05, 0.1) is 18.9 Å². The van der Waals surface area contributed by atoms with Crippen LogP contribution in [0.1, 0.15) is 27.6 Å². The van der Waals surface area contributed by atoms with E-state index in [0.717, 1.165) is 11.1 Å². The number of hydrazone groups is 1. The molecule has 6 heteroatoms. The van der Waals surface area contributed by atoms with Crippen LogP contribution in [-0.2, 0) is 14.3 Å². The van der Waals surface area contributed by atoms with Crippen LogP contribution in [-0.4, -0.2) is 32.3 Å². The fourth-order valence-corrected chi connectivity index (χ4v) is 2.07. The number of hydrogen-bond acceptors (Lipinski definition) is 5. The summed E-state index contributed by atoms with van der Waals surface area (Å²) in [5, 5.41) is 3.91. The number of nitrogens with zero attached hydrogens (tertiary/aromatic N) is 1. The van der Waals surface area contributed by atoms with Gasteiger partial charge in [-0.1, -0.05) is 42.5 Å². The normalized spacial score (nSPS) is 11.9. The van der Waals surface area contributed by atoms with Crippen LogP contribution in [0.2, 0.25) is 0 Å². The Morgan fingerprint density at radius 3 is 2.29 bits per heavy atom. The molecule has 6 nitrogen and oxygen atoms in total. The number of esters is 1. The lowest BCUT2D eigenvalue weighted by Gasteiger charge is -2.13. The molecule has 0 aromatic heterocycles. The van der Waals surface area contributed by atoms with E-state index >= 15 is 0 Å². The molecule has 0 radical (unpaired) electrons. The van der Waals surface area contributed by atoms with E-state index in [1.54, 1.807) is 24.3 Å². The maximum Gasteiger partial charge on any atom is 0.337 e. The Bertz CT molecular complexity index is 712. The van der Waals surface area contributed by atoms with Gasteiger partial charge in [0.15, 0.2) is 6.10 Å². The highest BCUT2D eigenvalue weighted by molar-refractivity contribution is 5.91. The van der Waals surface area contributed by atoms with Gasteiger partial charge in [-0.2, -0.15) is 5.10 Å². The van der Waals surface area contributed by atoms with Gasteiger partial charge in [-0.15, -0.1) is 0 Å². The molecule has 1 amide bonds. The minimum absolute atomic E-state index is 0.369. The van der Waals surface area contributed by atoms with Gasteiger partial charge in [0.25, 0.3) is 5.91 Å². The molecule has 124 valence electrons. The van der Waals surface area contributed by atoms with Crippen LogP contribution >= 0.6 is 0 Å². The summed E-state index contributed by atoms with van der Waals surface area (Å²) in [6.45, 7) is 0. The Morgan fingerprint density at radius 2 is 1.71 bits per heavy atom. The number of rotatable bonds is 6. The molecular weight excluding hydrogens is 308 g/mol. The third kappa shape index (κ3) is 4.50. The van der Waals surface area contributed by atoms with E-state index in [9.17, 15) is 9.59 Å². The largest absolute Gasteiger partial charge is 0.465 e. The zero-order valence-electron chi connectivity index (χ0n) is 13.4. The number of amides is 1. The first-order valence-corrected chi connectivity index (χ1v) is 7.24. The van der Waals surface area contributed by atoms with Crippen LogP contribution in [0.25, 0.3) is 0 Å². The standard InChI is InChI=1S/C18H18N2O4/c1-23-16(14-6-4-3-5-7-14)17(21)20-19-12-13-8-10-15(11-9-13)18(22)24-2/h3-12,16H,1-2H3,(H,20,21). The van der Waals surface area contributed by atoms with Crippen LogP contribution in [0.5, 0.6) is 0 Å². The maximum absolute atomic E-state index is 12.1. The van der Waals surface area contributed by atoms with Crippen molar-refractivity contribution in [1.29, 1.82) is 0 Å². The summed E-state index contributed by atoms with van der Waals surface area (Å²) in [4.78, 5) is 23.5. The summed E-state index contributed by atoms with van der Waals surface area (Å²) in [7, 11) is 2.79. The van der Waals surface area contributed by atoms with Crippen LogP contribution in [0.4, 0.5) is 0 Å². The lowest BCUT2D eigenvalue weighted by Crippen LogP contribution is -2.26. The quantitative estimate of drug-likeness (QED) is 0.502. The number of carbonyl (C=O) groups is 2. The third-order valence-corrected chi connectivity index (χ3v) is 3.30. The number of carbonyl (C=O) groups excluding carboxylic acids is 2. The summed E-state index contributed by atoms with van der Waals surface area (Å²) in [6.07, 6.45) is 0.751. The summed E-state index contributed by atoms with van der Waals surface area (Å²) in [6, 6.07) is 15.8. The molecule has 0 spiro atoms. The van der Waals surface area contributed by atoms with Crippen molar-refractivity contribution in [1.82, 2.24) is 5.43 Å². The van der Waals surface area contributed by atoms with Crippen molar-refractivity contribution in [2.45, 2.75) is 6.10 Å². The fraction of sp³-hybridized carbons (Fsp3) is 0.167. The van der Waals surface area contributed by atoms with E-state index in [1.165, 1.54) is 20.4 Å². The maximum atomic E-state index is 12.1. The lowest BCUT2D eigenvalue weighted by molar-refractivity contribution is -0.131. The highest BCUT2D eigenvalue weighted by Gasteiger charge is 2.19. The second-order valence-corrected chi connectivity index (χ2v) is 4.87. The first-order chi connectivity index (χ1) is 11.7. The minimum Gasteiger partial charge on any atom is -0.465 e. The highest BCUT2D eigenvalue weighted by atomic mass is 16.5. The molecule has 0 aliphatic rings. The number of methoxy groups -OCH3 is 2. The molecule has 0 aliphatic carbocycles. The van der Waals surface area contributed by atoms with E-state index in [0.29, 0.717) is 5.56 Å². The van der Waals surface area contributed by atoms with E-state index < -0.39 is 12.1 Å². The second-order valence-electron chi connectivity index (χ2n) is 4.87. The highest BCUT2D eigenvalue weighted by Crippen LogP contribution is 2.16. The van der Waals surface area contributed by atoms with Crippen molar-refractivity contribution >= 4 is 18.1 Å². The minimum atomic E-state index is -0.731. The lowest BCUT2D eigenvalue weighted by atomic mass is 10.1. The number of nitrogens with one attached hydrogen (secondary N) is 1. The van der Waals surface area contributed by atoms with Gasteiger partial charge in [0, 0.05) is 7.11 Å². The summed E-state index contributed by atoms with van der Waals surface area (Å²) >= 11 is 0. The Hall–Kier alpha value is -2.99. The first-order valence-electron chi connectivity index (χ1n) is 7.24. The van der Waals surface area contributed by atoms with E-state index in [1.807, 2.05) is 30.3 Å². The molecule has 1 unspecified atom stereocenters. The molecule has 1 N–H and O–H groups in total. The number of hydrogen-bond donors (Lipinski definition) is 1. The number of ether oxygens (including phenoxy) is 2. The molecule has 0 saturated carbocycles. The predicted molar refractivity (Wildman–Crippen MR) is 89.7 cm³/mol. The van der Waals surface area contributed by atoms with Crippen molar-refractivity contribution in [3.63, 3.8) is 0 Å². The van der Waals surface area contributed by atoms with Crippen molar-refractivity contribution in [2.24, 2.45) is 5.10 Å². The Balaban J connectivity index is 1.97. The molecule has 0 aliphatic heterocycles. The molecule has 2 aromatic carbocycles. The number of benzene rings is 2. The van der Waals surface area contributed by atoms with Crippen LogP contribution in [0, 0.1) is 0 Å². The fourth-order valence-electron chi connectivity index (χ4n) is 2.07. The van der Waals surface area contributed by atoms with Gasteiger partial charge in [-0.25, -0.2) is 10.2 Å². The Kier molecular flexibility index (Phi) is 6.22. The Labute approximate surface area is 140 Å². The average molecular weight is 326 g/mol. The summed E-state index contributed by atoms with van der Waals surface area (Å²) < 4.78 is 9.84. The van der Waals surface area contributed by atoms with Crippen molar-refractivity contribution in [3.05, 3.63) is 71.3 Å². The zero-order valence-corrected chi connectivity index (χ0v) is 13.4. The van der Waals surface area contributed by atoms with Crippen molar-refractivity contribution in [3.8, 4) is 0 Å². The molecule has 0 saturated heterocycles. The van der Waals surface area contributed by atoms with Gasteiger partial charge in [-0.3, -0.25) is 4.79 Å². The predicted octanol–water partition coefficient (Wildman–Crippen LogP) is 2.31. The van der Waals surface area contributed by atoms with E-state index in [2.05, 4.69) is 15.3 Å². The smallest absolute Gasteiger partial charge is 0.337 e. The zero-order chi connectivity index (χ0) is 17.4. The average Bonchev–Trinajstić information content (AvgIpc) is 2.63. The molecule has 0 fully saturated rings. The SMILES string of the molecule is COC(=O)c1ccc(C=NNC(=O)C(OC)c2ccccc2)cc1. The summed E-state index contributed by atoms with van der Waals surface area (Å²) in [5.41, 5.74) is 4.37. The molecule has 1 atom stereocenters. The van der Waals surface area contributed by atoms with E-state index in [-0.39, 0.29) is 5.91 Å². The van der Waals surface area contributed by atoms with Gasteiger partial charge >= 0.3 is 5.97 Å². The molecule has 2 rings (SSSR count). The van der Waals surface area contributed by atoms with Crippen LogP contribution in [0.15, 0.2) is 59.7 Å². The molecule has 2 aromatic rings. The molecular formula is C18H18N2O4. The molecule has 0 heterocycles. The monoisotopic (exact) mass is 326 g/mol. The van der Waals surface area contributed by atoms with Crippen LogP contribution < -0.4 is 5.43 Å². The molecule has 0 bridgehead atoms. The first kappa shape index (κ1) is 17.4. The van der Waals surface area contributed by atoms with Gasteiger partial charge in [0.1, 0.15) is 0 Å². The Morgan fingerprint density at radius 1 is 1.04 bits per heavy atom. The summed E-state index contributed by atoms with van der Waals surface area (Å²) in [5.74, 6) is -0.774. The van der Waals surface area contributed by atoms with Crippen LogP contribution in [0.3, 0.4) is 0 Å². The third-order valence-electron chi connectivity index (χ3n) is 3.30. The van der Waals surface area contributed by atoms with Crippen molar-refractivity contribution < 1.29 is 19.1 Å². The topological polar surface area (TPSA) is 77.0 Å². The van der Waals surface area contributed by atoms with Gasteiger partial charge in [0.2, 0.25) is 0 Å². The van der Waals surface area contributed by atoms with Gasteiger partial charge < -0.3 is 9.47 Å².